The normalized spacial score (nSPS) is 23.9. The Morgan fingerprint density at radius 2 is 1.91 bits per heavy atom. The van der Waals surface area contributed by atoms with Crippen LogP contribution in [0, 0.1) is 5.92 Å². The fourth-order valence-electron chi connectivity index (χ4n) is 3.42. The van der Waals surface area contributed by atoms with Gasteiger partial charge in [0.2, 0.25) is 0 Å². The molecule has 0 aromatic heterocycles. The van der Waals surface area contributed by atoms with E-state index in [1.807, 2.05) is 20.8 Å². The molecular weight excluding hydrogens is 288 g/mol. The summed E-state index contributed by atoms with van der Waals surface area (Å²) in [6.45, 7) is 10.8. The monoisotopic (exact) mass is 326 g/mol. The molecule has 0 radical (unpaired) electrons. The van der Waals surface area contributed by atoms with Gasteiger partial charge in [0, 0.05) is 18.6 Å². The van der Waals surface area contributed by atoms with E-state index in [-0.39, 0.29) is 6.09 Å². The molecule has 1 aliphatic rings. The number of hydrogen-bond acceptors (Lipinski definition) is 3. The van der Waals surface area contributed by atoms with Crippen LogP contribution in [0.5, 0.6) is 0 Å². The number of carbonyl (C=O) groups is 1. The molecule has 4 nitrogen and oxygen atoms in total. The third-order valence-corrected chi connectivity index (χ3v) is 4.64. The second-order valence-corrected chi connectivity index (χ2v) is 8.01. The van der Waals surface area contributed by atoms with Crippen molar-refractivity contribution in [3.8, 4) is 0 Å². The second-order valence-electron chi connectivity index (χ2n) is 8.01. The third-order valence-electron chi connectivity index (χ3n) is 4.64. The van der Waals surface area contributed by atoms with Gasteiger partial charge in [-0.05, 0) is 52.4 Å². The smallest absolute Gasteiger partial charge is 0.407 e. The highest BCUT2D eigenvalue weighted by molar-refractivity contribution is 5.67. The molecule has 0 aromatic rings. The fourth-order valence-corrected chi connectivity index (χ4v) is 3.42. The molecule has 1 aliphatic carbocycles. The maximum atomic E-state index is 11.8. The zero-order valence-corrected chi connectivity index (χ0v) is 15.9. The van der Waals surface area contributed by atoms with Crippen molar-refractivity contribution in [3.05, 3.63) is 0 Å². The van der Waals surface area contributed by atoms with Crippen LogP contribution in [-0.4, -0.2) is 30.3 Å². The average Bonchev–Trinajstić information content (AvgIpc) is 2.67. The number of amides is 1. The number of alkyl carbamates (subject to hydrolysis) is 1. The molecule has 2 N–H and O–H groups in total. The minimum Gasteiger partial charge on any atom is -0.444 e. The topological polar surface area (TPSA) is 50.4 Å². The van der Waals surface area contributed by atoms with Gasteiger partial charge in [-0.2, -0.15) is 0 Å². The maximum Gasteiger partial charge on any atom is 0.407 e. The van der Waals surface area contributed by atoms with Gasteiger partial charge in [0.05, 0.1) is 0 Å². The van der Waals surface area contributed by atoms with Crippen molar-refractivity contribution >= 4 is 6.09 Å². The van der Waals surface area contributed by atoms with Crippen LogP contribution in [0.15, 0.2) is 0 Å². The molecule has 3 atom stereocenters. The van der Waals surface area contributed by atoms with Crippen LogP contribution in [0.4, 0.5) is 4.79 Å². The van der Waals surface area contributed by atoms with Crippen LogP contribution in [-0.2, 0) is 4.74 Å². The van der Waals surface area contributed by atoms with Gasteiger partial charge in [-0.1, -0.05) is 39.5 Å². The van der Waals surface area contributed by atoms with Crippen molar-refractivity contribution in [2.24, 2.45) is 5.92 Å². The molecule has 0 saturated heterocycles. The summed E-state index contributed by atoms with van der Waals surface area (Å²) in [5, 5.41) is 6.66. The molecular formula is C19H38N2O2. The van der Waals surface area contributed by atoms with Gasteiger partial charge in [0.25, 0.3) is 0 Å². The zero-order valence-electron chi connectivity index (χ0n) is 15.9. The molecule has 136 valence electrons. The molecule has 1 rings (SSSR count). The number of ether oxygens (including phenoxy) is 1. The van der Waals surface area contributed by atoms with Crippen LogP contribution in [0.3, 0.4) is 0 Å². The summed E-state index contributed by atoms with van der Waals surface area (Å²) in [5.41, 5.74) is -0.436. The van der Waals surface area contributed by atoms with Crippen molar-refractivity contribution in [2.75, 3.05) is 6.54 Å². The highest BCUT2D eigenvalue weighted by Crippen LogP contribution is 2.27. The molecule has 0 aromatic carbocycles. The molecule has 1 saturated carbocycles. The van der Waals surface area contributed by atoms with Crippen LogP contribution < -0.4 is 10.6 Å². The van der Waals surface area contributed by atoms with Gasteiger partial charge < -0.3 is 15.4 Å². The van der Waals surface area contributed by atoms with Crippen molar-refractivity contribution in [2.45, 2.75) is 104 Å². The predicted octanol–water partition coefficient (Wildman–Crippen LogP) is 4.63. The SMILES string of the molecule is CCCC1CCCC(NC(CC)CNC(=O)OC(C)(C)C)CC1. The molecule has 1 amide bonds. The van der Waals surface area contributed by atoms with Gasteiger partial charge in [0.1, 0.15) is 5.60 Å². The standard InChI is InChI=1S/C19H38N2O2/c1-6-9-15-10-8-11-17(13-12-15)21-16(7-2)14-20-18(22)23-19(3,4)5/h15-17,21H,6-14H2,1-5H3,(H,20,22). The Morgan fingerprint density at radius 1 is 1.17 bits per heavy atom. The summed E-state index contributed by atoms with van der Waals surface area (Å²) in [4.78, 5) is 11.8. The van der Waals surface area contributed by atoms with Gasteiger partial charge in [-0.15, -0.1) is 0 Å². The van der Waals surface area contributed by atoms with Crippen molar-refractivity contribution < 1.29 is 9.53 Å². The van der Waals surface area contributed by atoms with E-state index in [1.165, 1.54) is 44.9 Å². The summed E-state index contributed by atoms with van der Waals surface area (Å²) in [6, 6.07) is 0.928. The van der Waals surface area contributed by atoms with Gasteiger partial charge in [0.15, 0.2) is 0 Å². The minimum absolute atomic E-state index is 0.318. The molecule has 0 bridgehead atoms. The molecule has 3 unspecified atom stereocenters. The molecule has 0 heterocycles. The van der Waals surface area contributed by atoms with Crippen LogP contribution in [0.2, 0.25) is 0 Å². The van der Waals surface area contributed by atoms with E-state index in [0.29, 0.717) is 18.6 Å². The van der Waals surface area contributed by atoms with E-state index in [9.17, 15) is 4.79 Å². The average molecular weight is 327 g/mol. The highest BCUT2D eigenvalue weighted by Gasteiger charge is 2.21. The zero-order chi connectivity index (χ0) is 17.3. The quantitative estimate of drug-likeness (QED) is 0.671. The maximum absolute atomic E-state index is 11.8. The van der Waals surface area contributed by atoms with Crippen molar-refractivity contribution in [3.63, 3.8) is 0 Å². The third kappa shape index (κ3) is 9.19. The van der Waals surface area contributed by atoms with E-state index in [0.717, 1.165) is 12.3 Å². The summed E-state index contributed by atoms with van der Waals surface area (Å²) in [5.74, 6) is 0.923. The van der Waals surface area contributed by atoms with Crippen molar-refractivity contribution in [1.29, 1.82) is 0 Å². The van der Waals surface area contributed by atoms with Crippen LogP contribution in [0.25, 0.3) is 0 Å². The van der Waals surface area contributed by atoms with Gasteiger partial charge in [-0.3, -0.25) is 0 Å². The van der Waals surface area contributed by atoms with E-state index < -0.39 is 5.60 Å². The first-order valence-electron chi connectivity index (χ1n) is 9.57. The minimum atomic E-state index is -0.436. The van der Waals surface area contributed by atoms with Gasteiger partial charge >= 0.3 is 6.09 Å². The molecule has 1 fully saturated rings. The number of hydrogen-bond donors (Lipinski definition) is 2. The first-order chi connectivity index (χ1) is 10.8. The molecule has 4 heteroatoms. The lowest BCUT2D eigenvalue weighted by atomic mass is 9.95. The molecule has 23 heavy (non-hydrogen) atoms. The summed E-state index contributed by atoms with van der Waals surface area (Å²) in [7, 11) is 0. The predicted molar refractivity (Wildman–Crippen MR) is 96.7 cm³/mol. The summed E-state index contributed by atoms with van der Waals surface area (Å²) >= 11 is 0. The lowest BCUT2D eigenvalue weighted by molar-refractivity contribution is 0.0521. The number of nitrogens with one attached hydrogen (secondary N) is 2. The lowest BCUT2D eigenvalue weighted by Crippen LogP contribution is -2.46. The first-order valence-corrected chi connectivity index (χ1v) is 9.57. The molecule has 0 aliphatic heterocycles. The van der Waals surface area contributed by atoms with Gasteiger partial charge in [-0.25, -0.2) is 4.79 Å². The number of carbonyl (C=O) groups excluding carboxylic acids is 1. The van der Waals surface area contributed by atoms with E-state index in [2.05, 4.69) is 24.5 Å². The van der Waals surface area contributed by atoms with Crippen LogP contribution >= 0.6 is 0 Å². The Kier molecular flexibility index (Phi) is 8.96. The Hall–Kier alpha value is -0.770. The number of rotatable bonds is 7. The van der Waals surface area contributed by atoms with Crippen LogP contribution in [0.1, 0.15) is 86.0 Å². The Balaban J connectivity index is 2.33. The summed E-state index contributed by atoms with van der Waals surface area (Å²) < 4.78 is 5.31. The lowest BCUT2D eigenvalue weighted by Gasteiger charge is -2.25. The van der Waals surface area contributed by atoms with Crippen molar-refractivity contribution in [1.82, 2.24) is 10.6 Å². The Labute approximate surface area is 143 Å². The first kappa shape index (κ1) is 20.3. The summed E-state index contributed by atoms with van der Waals surface area (Å²) in [6.07, 6.45) is 9.99. The highest BCUT2D eigenvalue weighted by atomic mass is 16.6. The fraction of sp³-hybridized carbons (Fsp3) is 0.947. The van der Waals surface area contributed by atoms with E-state index >= 15 is 0 Å². The Morgan fingerprint density at radius 3 is 2.52 bits per heavy atom. The second kappa shape index (κ2) is 10.2. The largest absolute Gasteiger partial charge is 0.444 e. The molecule has 0 spiro atoms. The Bertz CT molecular complexity index is 339. The van der Waals surface area contributed by atoms with E-state index in [4.69, 9.17) is 4.74 Å². The van der Waals surface area contributed by atoms with E-state index in [1.54, 1.807) is 0 Å².